The molecule has 0 radical (unpaired) electrons. The molecule has 6 heterocycles. The van der Waals surface area contributed by atoms with Gasteiger partial charge >= 0.3 is 0 Å². The van der Waals surface area contributed by atoms with E-state index in [1.54, 1.807) is 178 Å². The second kappa shape index (κ2) is 34.0. The predicted molar refractivity (Wildman–Crippen MR) is 431 cm³/mol. The van der Waals surface area contributed by atoms with Crippen molar-refractivity contribution in [2.24, 2.45) is 0 Å². The Morgan fingerprint density at radius 3 is 0.832 bits per heavy atom. The Balaban J connectivity index is 0.000000152. The number of rotatable bonds is 19. The van der Waals surface area contributed by atoms with E-state index in [9.17, 15) is 47.9 Å². The van der Waals surface area contributed by atoms with Crippen molar-refractivity contribution in [1.82, 2.24) is 4.90 Å². The number of aryl methyl sites for hydroxylation is 6. The van der Waals surface area contributed by atoms with Crippen molar-refractivity contribution in [2.75, 3.05) is 49.9 Å². The van der Waals surface area contributed by atoms with Crippen LogP contribution in [0.15, 0.2) is 241 Å². The number of hydrogen-bond donors (Lipinski definition) is 3. The first-order valence-corrected chi connectivity index (χ1v) is 35.9. The highest BCUT2D eigenvalue weighted by Gasteiger charge is 2.30. The Morgan fingerprint density at radius 2 is 0.593 bits per heavy atom. The topological polar surface area (TPSA) is 317 Å². The fraction of sp³-hybridized carbons (Fsp3) is 0.156. The molecule has 113 heavy (non-hydrogen) atoms. The number of benzene rings is 9. The van der Waals surface area contributed by atoms with Crippen molar-refractivity contribution in [3.05, 3.63) is 315 Å². The highest BCUT2D eigenvalue weighted by molar-refractivity contribution is 6.21. The van der Waals surface area contributed by atoms with Gasteiger partial charge in [-0.3, -0.25) is 47.9 Å². The molecule has 0 atom stereocenters. The minimum Gasteiger partial charge on any atom is -0.494 e. The van der Waals surface area contributed by atoms with Gasteiger partial charge in [-0.25, -0.2) is 0 Å². The van der Waals surface area contributed by atoms with Gasteiger partial charge in [0.2, 0.25) is 23.8 Å². The number of nitrogens with zero attached hydrogens (tertiary/aromatic N) is 1. The second-order valence-electron chi connectivity index (χ2n) is 26.5. The molecule has 0 unspecified atom stereocenters. The molecule has 4 amide bonds. The van der Waals surface area contributed by atoms with Crippen molar-refractivity contribution < 1.29 is 74.3 Å². The van der Waals surface area contributed by atoms with Crippen molar-refractivity contribution >= 4 is 124 Å². The van der Waals surface area contributed by atoms with Crippen LogP contribution in [0.25, 0.3) is 65.8 Å². The summed E-state index contributed by atoms with van der Waals surface area (Å²) in [7, 11) is 3.38. The maximum atomic E-state index is 13.4. The number of ether oxygens (including phenoxy) is 3. The second-order valence-corrected chi connectivity index (χ2v) is 26.5. The standard InChI is InChI=1S/3C29H23NO6.C3H7NO/c3*1-4-34-19-11-9-18(10-12-19)27(32)28-26(20-7-5-6-8-22(20)36-28)30-29(33)24-15-21(31)25-17(3)13-16(2)14-23(25)35-24;1-4(2)3-5/h3*5-15H,4H2,1-3H3,(H,30,33);3H,1-2H3. The largest absolute Gasteiger partial charge is 0.494 e. The number of nitrogens with one attached hydrogen (secondary N) is 3. The van der Waals surface area contributed by atoms with Crippen LogP contribution in [-0.2, 0) is 4.79 Å². The lowest BCUT2D eigenvalue weighted by molar-refractivity contribution is -0.115. The Kier molecular flexibility index (Phi) is 23.5. The highest BCUT2D eigenvalue weighted by Crippen LogP contribution is 2.38. The summed E-state index contributed by atoms with van der Waals surface area (Å²) in [5, 5.41) is 11.2. The van der Waals surface area contributed by atoms with Crippen LogP contribution >= 0.6 is 0 Å². The van der Waals surface area contributed by atoms with Gasteiger partial charge in [0.25, 0.3) is 17.7 Å². The molecule has 0 aliphatic carbocycles. The first kappa shape index (κ1) is 78.1. The number of ketones is 3. The summed E-state index contributed by atoms with van der Waals surface area (Å²) < 4.78 is 51.4. The molecule has 23 heteroatoms. The van der Waals surface area contributed by atoms with Crippen LogP contribution in [0.4, 0.5) is 17.1 Å². The smallest absolute Gasteiger partial charge is 0.291 e. The van der Waals surface area contributed by atoms with E-state index in [1.165, 1.54) is 4.90 Å². The normalized spacial score (nSPS) is 10.9. The Bertz CT molecular complexity index is 5810. The van der Waals surface area contributed by atoms with Crippen LogP contribution in [0.5, 0.6) is 17.2 Å². The number of carbonyl (C=O) groups is 7. The quantitative estimate of drug-likeness (QED) is 0.0500. The van der Waals surface area contributed by atoms with Crippen LogP contribution in [0, 0.1) is 41.5 Å². The molecule has 6 aromatic heterocycles. The zero-order valence-electron chi connectivity index (χ0n) is 63.5. The summed E-state index contributed by atoms with van der Waals surface area (Å²) >= 11 is 0. The number of furan rings is 3. The number of hydrogen-bond acceptors (Lipinski definition) is 19. The van der Waals surface area contributed by atoms with Gasteiger partial charge in [-0.05, 0) is 223 Å². The van der Waals surface area contributed by atoms with Crippen LogP contribution < -0.4 is 46.4 Å². The van der Waals surface area contributed by atoms with E-state index in [2.05, 4.69) is 16.0 Å². The van der Waals surface area contributed by atoms with Gasteiger partial charge in [-0.1, -0.05) is 54.6 Å². The first-order chi connectivity index (χ1) is 54.3. The van der Waals surface area contributed by atoms with E-state index in [0.717, 1.165) is 58.0 Å². The third kappa shape index (κ3) is 17.2. The number of carbonyl (C=O) groups excluding carboxylic acids is 7. The third-order valence-corrected chi connectivity index (χ3v) is 17.8. The van der Waals surface area contributed by atoms with Gasteiger partial charge in [-0.2, -0.15) is 0 Å². The molecule has 0 bridgehead atoms. The van der Waals surface area contributed by atoms with Gasteiger partial charge in [0.1, 0.15) is 50.7 Å². The molecule has 3 N–H and O–H groups in total. The minimum absolute atomic E-state index is 0.0245. The summed E-state index contributed by atoms with van der Waals surface area (Å²) in [6, 6.07) is 55.3. The fourth-order valence-electron chi connectivity index (χ4n) is 12.8. The fourth-order valence-corrected chi connectivity index (χ4v) is 12.8. The molecule has 0 aliphatic rings. The number of amides is 4. The lowest BCUT2D eigenvalue weighted by Crippen LogP contribution is -2.17. The molecule has 0 fully saturated rings. The SMILES string of the molecule is CCOc1ccc(C(=O)c2oc3ccccc3c2NC(=O)c2cc(=O)c3c(C)cc(C)cc3o2)cc1.CCOc1ccc(C(=O)c2oc3ccccc3c2NC(=O)c2cc(=O)c3c(C)cc(C)cc3o2)cc1.CCOc1ccc(C(=O)c2oc3ccccc3c2NC(=O)c2cc(=O)c3c(C)cc(C)cc3o2)cc1.CN(C)C=O. The summed E-state index contributed by atoms with van der Waals surface area (Å²) in [6.07, 6.45) is 0.750. The average molecular weight is 1520 g/mol. The molecular weight excluding hydrogens is 1440 g/mol. The van der Waals surface area contributed by atoms with Crippen LogP contribution in [-0.4, -0.2) is 80.3 Å². The van der Waals surface area contributed by atoms with Gasteiger partial charge in [-0.15, -0.1) is 0 Å². The van der Waals surface area contributed by atoms with Crippen LogP contribution in [0.3, 0.4) is 0 Å². The molecule has 15 rings (SSSR count). The van der Waals surface area contributed by atoms with Crippen molar-refractivity contribution in [3.8, 4) is 17.2 Å². The van der Waals surface area contributed by atoms with E-state index in [4.69, 9.17) is 40.7 Å². The van der Waals surface area contributed by atoms with Gasteiger partial charge in [0.15, 0.2) is 50.8 Å². The van der Waals surface area contributed by atoms with Crippen molar-refractivity contribution in [3.63, 3.8) is 0 Å². The molecule has 570 valence electrons. The number of anilines is 3. The van der Waals surface area contributed by atoms with E-state index in [0.29, 0.717) is 120 Å². The predicted octanol–water partition coefficient (Wildman–Crippen LogP) is 17.8. The molecule has 15 aromatic rings. The van der Waals surface area contributed by atoms with E-state index in [-0.39, 0.29) is 67.9 Å². The van der Waals surface area contributed by atoms with Gasteiger partial charge in [0, 0.05) is 65.1 Å². The summed E-state index contributed by atoms with van der Waals surface area (Å²) in [5.74, 6) is -1.86. The number of fused-ring (bicyclic) bond motifs is 6. The first-order valence-electron chi connectivity index (χ1n) is 35.9. The Morgan fingerprint density at radius 1 is 0.345 bits per heavy atom. The van der Waals surface area contributed by atoms with E-state index in [1.807, 2.05) is 80.5 Å². The zero-order chi connectivity index (χ0) is 80.5. The lowest BCUT2D eigenvalue weighted by Gasteiger charge is -2.08. The van der Waals surface area contributed by atoms with Crippen molar-refractivity contribution in [2.45, 2.75) is 62.3 Å². The van der Waals surface area contributed by atoms with Crippen LogP contribution in [0.2, 0.25) is 0 Å². The van der Waals surface area contributed by atoms with Gasteiger partial charge in [0.05, 0.1) is 53.0 Å². The van der Waals surface area contributed by atoms with Crippen molar-refractivity contribution in [1.29, 1.82) is 0 Å². The zero-order valence-corrected chi connectivity index (χ0v) is 63.5. The van der Waals surface area contributed by atoms with E-state index < -0.39 is 35.1 Å². The van der Waals surface area contributed by atoms with Gasteiger partial charge < -0.3 is 61.6 Å². The molecule has 23 nitrogen and oxygen atoms in total. The molecule has 9 aromatic carbocycles. The van der Waals surface area contributed by atoms with Crippen LogP contribution in [0.1, 0.15) is 134 Å². The molecular formula is C90H76N4O19. The number of para-hydroxylation sites is 3. The van der Waals surface area contributed by atoms with E-state index >= 15 is 0 Å². The third-order valence-electron chi connectivity index (χ3n) is 17.8. The Hall–Kier alpha value is -14.5. The maximum absolute atomic E-state index is 13.4. The summed E-state index contributed by atoms with van der Waals surface area (Å²) in [6.45, 7) is 18.3. The highest BCUT2D eigenvalue weighted by atomic mass is 16.5. The summed E-state index contributed by atoms with van der Waals surface area (Å²) in [4.78, 5) is 129. The summed E-state index contributed by atoms with van der Waals surface area (Å²) in [5.41, 5.74) is 8.11. The average Bonchev–Trinajstić information content (AvgIpc) is 1.49. The molecule has 0 saturated carbocycles. The maximum Gasteiger partial charge on any atom is 0.291 e. The minimum atomic E-state index is -0.666. The molecule has 0 saturated heterocycles. The Labute approximate surface area is 645 Å². The molecule has 0 aliphatic heterocycles. The lowest BCUT2D eigenvalue weighted by atomic mass is 10.1. The monoisotopic (exact) mass is 1520 g/mol. The molecule has 0 spiro atoms.